The van der Waals surface area contributed by atoms with Crippen LogP contribution in [-0.2, 0) is 21.7 Å². The lowest BCUT2D eigenvalue weighted by atomic mass is 9.94. The Labute approximate surface area is 190 Å². The minimum Gasteiger partial charge on any atom is -0.488 e. The summed E-state index contributed by atoms with van der Waals surface area (Å²) in [4.78, 5) is 0. The second-order valence-corrected chi connectivity index (χ2v) is 8.60. The number of rotatable bonds is 7. The molecule has 0 amide bonds. The summed E-state index contributed by atoms with van der Waals surface area (Å²) in [5.74, 6) is -1.51. The number of ether oxygens (including phenoxy) is 3. The first-order valence-electron chi connectivity index (χ1n) is 10.5. The smallest absolute Gasteiger partial charge is 0.222 e. The van der Waals surface area contributed by atoms with Gasteiger partial charge in [0.25, 0.3) is 0 Å². The van der Waals surface area contributed by atoms with Gasteiger partial charge in [0.2, 0.25) is 5.79 Å². The van der Waals surface area contributed by atoms with Gasteiger partial charge >= 0.3 is 0 Å². The summed E-state index contributed by atoms with van der Waals surface area (Å²) >= 11 is 6.36. The van der Waals surface area contributed by atoms with Crippen LogP contribution in [0.5, 0.6) is 5.75 Å². The Bertz CT molecular complexity index is 917. The molecule has 2 aromatic carbocycles. The van der Waals surface area contributed by atoms with Crippen molar-refractivity contribution in [2.75, 3.05) is 19.8 Å². The van der Waals surface area contributed by atoms with E-state index in [0.29, 0.717) is 30.2 Å². The molecular formula is C23H27ClO8. The average Bonchev–Trinajstić information content (AvgIpc) is 3.39. The first-order valence-corrected chi connectivity index (χ1v) is 10.9. The molecule has 0 radical (unpaired) electrons. The fraction of sp³-hybridized carbons (Fsp3) is 0.478. The summed E-state index contributed by atoms with van der Waals surface area (Å²) in [6.45, 7) is 0.606. The highest BCUT2D eigenvalue weighted by Crippen LogP contribution is 2.40. The largest absolute Gasteiger partial charge is 0.488 e. The molecule has 0 bridgehead atoms. The number of hydrogen-bond donors (Lipinski definition) is 5. The third-order valence-corrected chi connectivity index (χ3v) is 6.28. The van der Waals surface area contributed by atoms with E-state index in [1.807, 2.05) is 24.3 Å². The highest BCUT2D eigenvalue weighted by molar-refractivity contribution is 6.31. The Kier molecular flexibility index (Phi) is 7.04. The zero-order valence-corrected chi connectivity index (χ0v) is 18.1. The van der Waals surface area contributed by atoms with Gasteiger partial charge in [-0.05, 0) is 41.8 Å². The summed E-state index contributed by atoms with van der Waals surface area (Å²) in [5.41, 5.74) is 1.80. The standard InChI is InChI=1S/C23H27ClO8/c24-18-6-3-15(23(29)22(28)20(27)21(32-23)19(26)11-25)10-14(18)9-13-1-4-16(5-2-13)31-17-7-8-30-12-17/h1-6,10,17,19-22,25-29H,7-9,11-12H2/t17-,19+,20-,21?,22+,23?/m0/s1. The van der Waals surface area contributed by atoms with E-state index in [4.69, 9.17) is 30.9 Å². The molecule has 9 heteroatoms. The maximum absolute atomic E-state index is 11.0. The lowest BCUT2D eigenvalue weighted by Crippen LogP contribution is -2.42. The van der Waals surface area contributed by atoms with Gasteiger partial charge in [0.15, 0.2) is 0 Å². The summed E-state index contributed by atoms with van der Waals surface area (Å²) in [7, 11) is 0. The van der Waals surface area contributed by atoms with Gasteiger partial charge in [-0.15, -0.1) is 0 Å². The lowest BCUT2D eigenvalue weighted by molar-refractivity contribution is -0.247. The highest BCUT2D eigenvalue weighted by Gasteiger charge is 2.56. The molecule has 174 valence electrons. The van der Waals surface area contributed by atoms with E-state index in [-0.39, 0.29) is 11.7 Å². The number of benzene rings is 2. The molecule has 0 saturated carbocycles. The second-order valence-electron chi connectivity index (χ2n) is 8.19. The fourth-order valence-corrected chi connectivity index (χ4v) is 4.23. The Morgan fingerprint density at radius 1 is 1.16 bits per heavy atom. The van der Waals surface area contributed by atoms with Crippen molar-refractivity contribution in [1.82, 2.24) is 0 Å². The van der Waals surface area contributed by atoms with Crippen LogP contribution >= 0.6 is 11.6 Å². The Hall–Kier alpha value is -1.75. The Balaban J connectivity index is 1.51. The molecule has 0 spiro atoms. The van der Waals surface area contributed by atoms with Gasteiger partial charge in [-0.25, -0.2) is 0 Å². The van der Waals surface area contributed by atoms with Crippen LogP contribution < -0.4 is 4.74 Å². The zero-order valence-electron chi connectivity index (χ0n) is 17.3. The summed E-state index contributed by atoms with van der Waals surface area (Å²) < 4.78 is 16.6. The van der Waals surface area contributed by atoms with Crippen LogP contribution in [-0.4, -0.2) is 75.9 Å². The van der Waals surface area contributed by atoms with E-state index in [0.717, 1.165) is 17.7 Å². The van der Waals surface area contributed by atoms with Crippen LogP contribution in [0.4, 0.5) is 0 Å². The van der Waals surface area contributed by atoms with E-state index in [1.165, 1.54) is 6.07 Å². The normalized spacial score (nSPS) is 31.1. The number of aliphatic hydroxyl groups excluding tert-OH is 4. The number of hydrogen-bond acceptors (Lipinski definition) is 8. The Morgan fingerprint density at radius 3 is 2.56 bits per heavy atom. The van der Waals surface area contributed by atoms with Crippen LogP contribution in [0, 0.1) is 0 Å². The average molecular weight is 467 g/mol. The molecule has 0 aromatic heterocycles. The van der Waals surface area contributed by atoms with Crippen LogP contribution in [0.1, 0.15) is 23.1 Å². The van der Waals surface area contributed by atoms with Crippen molar-refractivity contribution in [2.24, 2.45) is 0 Å². The predicted octanol–water partition coefficient (Wildman–Crippen LogP) is 0.717. The zero-order chi connectivity index (χ0) is 22.9. The molecule has 2 heterocycles. The molecule has 2 fully saturated rings. The van der Waals surface area contributed by atoms with Gasteiger partial charge in [-0.2, -0.15) is 0 Å². The fourth-order valence-electron chi connectivity index (χ4n) is 4.04. The predicted molar refractivity (Wildman–Crippen MR) is 114 cm³/mol. The number of aliphatic hydroxyl groups is 5. The molecule has 5 N–H and O–H groups in total. The van der Waals surface area contributed by atoms with Crippen molar-refractivity contribution < 1.29 is 39.7 Å². The summed E-state index contributed by atoms with van der Waals surface area (Å²) in [6.07, 6.45) is -4.75. The molecule has 4 rings (SSSR count). The lowest BCUT2D eigenvalue weighted by Gasteiger charge is -2.27. The monoisotopic (exact) mass is 466 g/mol. The Morgan fingerprint density at radius 2 is 1.91 bits per heavy atom. The summed E-state index contributed by atoms with van der Waals surface area (Å²) in [5, 5.41) is 51.0. The van der Waals surface area contributed by atoms with Crippen LogP contribution in [0.3, 0.4) is 0 Å². The van der Waals surface area contributed by atoms with Gasteiger partial charge < -0.3 is 39.7 Å². The van der Waals surface area contributed by atoms with Crippen LogP contribution in [0.25, 0.3) is 0 Å². The highest BCUT2D eigenvalue weighted by atomic mass is 35.5. The molecule has 32 heavy (non-hydrogen) atoms. The minimum absolute atomic E-state index is 0.0640. The third-order valence-electron chi connectivity index (χ3n) is 5.91. The summed E-state index contributed by atoms with van der Waals surface area (Å²) in [6, 6.07) is 12.2. The van der Waals surface area contributed by atoms with Gasteiger partial charge in [-0.1, -0.05) is 29.8 Å². The van der Waals surface area contributed by atoms with Crippen molar-refractivity contribution in [1.29, 1.82) is 0 Å². The van der Waals surface area contributed by atoms with Crippen LogP contribution in [0.15, 0.2) is 42.5 Å². The molecule has 6 atom stereocenters. The maximum Gasteiger partial charge on any atom is 0.222 e. The maximum atomic E-state index is 11.0. The van der Waals surface area contributed by atoms with E-state index in [1.54, 1.807) is 12.1 Å². The van der Waals surface area contributed by atoms with Crippen LogP contribution in [0.2, 0.25) is 5.02 Å². The number of halogens is 1. The second kappa shape index (κ2) is 9.62. The van der Waals surface area contributed by atoms with Gasteiger partial charge in [-0.3, -0.25) is 0 Å². The molecule has 2 aliphatic heterocycles. The quantitative estimate of drug-likeness (QED) is 0.403. The molecule has 2 saturated heterocycles. The van der Waals surface area contributed by atoms with E-state index in [2.05, 4.69) is 0 Å². The molecule has 8 nitrogen and oxygen atoms in total. The first kappa shape index (κ1) is 23.4. The van der Waals surface area contributed by atoms with E-state index >= 15 is 0 Å². The molecule has 2 unspecified atom stereocenters. The van der Waals surface area contributed by atoms with Crippen molar-refractivity contribution in [3.05, 3.63) is 64.2 Å². The molecule has 2 aromatic rings. The van der Waals surface area contributed by atoms with Gasteiger partial charge in [0, 0.05) is 17.0 Å². The van der Waals surface area contributed by atoms with Crippen molar-refractivity contribution >= 4 is 11.6 Å². The minimum atomic E-state index is -2.26. The van der Waals surface area contributed by atoms with E-state index < -0.39 is 36.8 Å². The van der Waals surface area contributed by atoms with Crippen molar-refractivity contribution in [3.8, 4) is 5.75 Å². The van der Waals surface area contributed by atoms with Gasteiger partial charge in [0.05, 0.1) is 19.8 Å². The van der Waals surface area contributed by atoms with Crippen molar-refractivity contribution in [3.63, 3.8) is 0 Å². The van der Waals surface area contributed by atoms with Crippen molar-refractivity contribution in [2.45, 2.75) is 49.1 Å². The SMILES string of the molecule is OC[C@@H](O)C1OC(O)(c2ccc(Cl)c(Cc3ccc(O[C@H]4CCOC4)cc3)c2)[C@H](O)[C@H]1O. The molecular weight excluding hydrogens is 440 g/mol. The van der Waals surface area contributed by atoms with Gasteiger partial charge in [0.1, 0.15) is 36.3 Å². The molecule has 2 aliphatic rings. The topological polar surface area (TPSA) is 129 Å². The first-order chi connectivity index (χ1) is 15.3. The molecule has 0 aliphatic carbocycles. The van der Waals surface area contributed by atoms with E-state index in [9.17, 15) is 20.4 Å². The third kappa shape index (κ3) is 4.64.